The zero-order chi connectivity index (χ0) is 13.2. The third-order valence-electron chi connectivity index (χ3n) is 2.62. The molecule has 96 valence electrons. The van der Waals surface area contributed by atoms with Gasteiger partial charge in [-0.25, -0.2) is 0 Å². The summed E-state index contributed by atoms with van der Waals surface area (Å²) in [6.45, 7) is 9.57. The van der Waals surface area contributed by atoms with Crippen molar-refractivity contribution in [1.82, 2.24) is 0 Å². The molecule has 1 rings (SSSR count). The van der Waals surface area contributed by atoms with Crippen molar-refractivity contribution in [3.8, 4) is 0 Å². The minimum atomic E-state index is 0.0227. The number of halogens is 1. The summed E-state index contributed by atoms with van der Waals surface area (Å²) in [5.74, 6) is 0. The van der Waals surface area contributed by atoms with Gasteiger partial charge in [0.25, 0.3) is 0 Å². The van der Waals surface area contributed by atoms with E-state index in [1.165, 1.54) is 0 Å². The van der Waals surface area contributed by atoms with Crippen LogP contribution in [0.15, 0.2) is 18.2 Å². The van der Waals surface area contributed by atoms with Crippen LogP contribution in [-0.4, -0.2) is 13.6 Å². The number of hydrogen-bond donors (Lipinski definition) is 1. The molecule has 0 saturated heterocycles. The number of rotatable bonds is 3. The van der Waals surface area contributed by atoms with Crippen LogP contribution in [0.3, 0.4) is 0 Å². The summed E-state index contributed by atoms with van der Waals surface area (Å²) in [7, 11) is 2.07. The molecular formula is C14H23ClN2. The minimum absolute atomic E-state index is 0.0227. The van der Waals surface area contributed by atoms with E-state index in [1.54, 1.807) is 0 Å². The fourth-order valence-corrected chi connectivity index (χ4v) is 2.25. The average Bonchev–Trinajstić information content (AvgIpc) is 2.14. The first-order valence-corrected chi connectivity index (χ1v) is 6.34. The first-order valence-electron chi connectivity index (χ1n) is 5.97. The molecule has 0 bridgehead atoms. The number of nitrogens with two attached hydrogens (primary N) is 1. The van der Waals surface area contributed by atoms with E-state index in [1.807, 2.05) is 25.1 Å². The van der Waals surface area contributed by atoms with Crippen LogP contribution in [0.2, 0.25) is 5.02 Å². The smallest absolute Gasteiger partial charge is 0.0642 e. The summed E-state index contributed by atoms with van der Waals surface area (Å²) >= 11 is 6.30. The van der Waals surface area contributed by atoms with Crippen molar-refractivity contribution in [3.05, 3.63) is 28.8 Å². The fourth-order valence-electron chi connectivity index (χ4n) is 1.91. The Balaban J connectivity index is 2.92. The molecule has 0 saturated carbocycles. The third-order valence-corrected chi connectivity index (χ3v) is 2.92. The average molecular weight is 255 g/mol. The van der Waals surface area contributed by atoms with Gasteiger partial charge >= 0.3 is 0 Å². The molecule has 0 amide bonds. The summed E-state index contributed by atoms with van der Waals surface area (Å²) in [4.78, 5) is 2.19. The van der Waals surface area contributed by atoms with Crippen LogP contribution in [0.1, 0.15) is 39.3 Å². The number of anilines is 1. The van der Waals surface area contributed by atoms with Crippen LogP contribution in [-0.2, 0) is 0 Å². The van der Waals surface area contributed by atoms with Gasteiger partial charge in [-0.1, -0.05) is 38.4 Å². The minimum Gasteiger partial charge on any atom is -0.373 e. The number of benzene rings is 1. The lowest BCUT2D eigenvalue weighted by Crippen LogP contribution is -2.29. The van der Waals surface area contributed by atoms with E-state index in [-0.39, 0.29) is 11.5 Å². The first-order chi connectivity index (χ1) is 7.70. The zero-order valence-corrected chi connectivity index (χ0v) is 12.2. The van der Waals surface area contributed by atoms with Crippen LogP contribution < -0.4 is 10.6 Å². The summed E-state index contributed by atoms with van der Waals surface area (Å²) in [6.07, 6.45) is 0. The maximum atomic E-state index is 6.30. The molecule has 0 aromatic heterocycles. The topological polar surface area (TPSA) is 29.3 Å². The van der Waals surface area contributed by atoms with E-state index in [4.69, 9.17) is 17.3 Å². The Morgan fingerprint density at radius 3 is 2.35 bits per heavy atom. The molecule has 0 aliphatic carbocycles. The Bertz CT molecular complexity index is 380. The highest BCUT2D eigenvalue weighted by Crippen LogP contribution is 2.29. The second-order valence-electron chi connectivity index (χ2n) is 5.92. The van der Waals surface area contributed by atoms with E-state index in [2.05, 4.69) is 32.7 Å². The molecule has 0 fully saturated rings. The SMILES string of the molecule is C[C@H](N)c1ccc(N(C)CC(C)(C)C)c(Cl)c1. The third kappa shape index (κ3) is 4.21. The molecule has 17 heavy (non-hydrogen) atoms. The van der Waals surface area contributed by atoms with Gasteiger partial charge < -0.3 is 10.6 Å². The predicted octanol–water partition coefficient (Wildman–Crippen LogP) is 3.84. The Kier molecular flexibility index (Phi) is 4.45. The summed E-state index contributed by atoms with van der Waals surface area (Å²) in [5.41, 5.74) is 8.22. The fraction of sp³-hybridized carbons (Fsp3) is 0.571. The molecule has 0 aliphatic heterocycles. The molecule has 0 spiro atoms. The van der Waals surface area contributed by atoms with Crippen molar-refractivity contribution >= 4 is 17.3 Å². The van der Waals surface area contributed by atoms with Crippen LogP contribution in [0, 0.1) is 5.41 Å². The Hall–Kier alpha value is -0.730. The molecule has 0 heterocycles. The standard InChI is InChI=1S/C14H23ClN2/c1-10(16)11-6-7-13(12(15)8-11)17(5)9-14(2,3)4/h6-8,10H,9,16H2,1-5H3/t10-/m0/s1. The first kappa shape index (κ1) is 14.3. The molecule has 1 aromatic rings. The maximum absolute atomic E-state index is 6.30. The lowest BCUT2D eigenvalue weighted by molar-refractivity contribution is 0.419. The van der Waals surface area contributed by atoms with Crippen molar-refractivity contribution < 1.29 is 0 Å². The van der Waals surface area contributed by atoms with Gasteiger partial charge in [0.15, 0.2) is 0 Å². The highest BCUT2D eigenvalue weighted by molar-refractivity contribution is 6.33. The predicted molar refractivity (Wildman–Crippen MR) is 76.8 cm³/mol. The van der Waals surface area contributed by atoms with Crippen LogP contribution in [0.25, 0.3) is 0 Å². The molecule has 0 aliphatic rings. The molecule has 1 atom stereocenters. The van der Waals surface area contributed by atoms with Gasteiger partial charge in [-0.15, -0.1) is 0 Å². The monoisotopic (exact) mass is 254 g/mol. The van der Waals surface area contributed by atoms with Crippen molar-refractivity contribution in [2.75, 3.05) is 18.5 Å². The Labute approximate surface area is 110 Å². The Morgan fingerprint density at radius 2 is 1.94 bits per heavy atom. The molecule has 3 heteroatoms. The number of hydrogen-bond acceptors (Lipinski definition) is 2. The van der Waals surface area contributed by atoms with Crippen molar-refractivity contribution in [3.63, 3.8) is 0 Å². The normalized spacial score (nSPS) is 13.6. The van der Waals surface area contributed by atoms with Crippen molar-refractivity contribution in [2.45, 2.75) is 33.7 Å². The summed E-state index contributed by atoms with van der Waals surface area (Å²) in [6, 6.07) is 6.08. The van der Waals surface area contributed by atoms with E-state index < -0.39 is 0 Å². The van der Waals surface area contributed by atoms with E-state index in [0.717, 1.165) is 22.8 Å². The maximum Gasteiger partial charge on any atom is 0.0642 e. The van der Waals surface area contributed by atoms with Crippen molar-refractivity contribution in [2.24, 2.45) is 11.1 Å². The molecule has 0 unspecified atom stereocenters. The van der Waals surface area contributed by atoms with Gasteiger partial charge in [0, 0.05) is 19.6 Å². The van der Waals surface area contributed by atoms with Crippen LogP contribution >= 0.6 is 11.6 Å². The van der Waals surface area contributed by atoms with Gasteiger partial charge in [-0.2, -0.15) is 0 Å². The summed E-state index contributed by atoms with van der Waals surface area (Å²) in [5, 5.41) is 0.770. The molecule has 1 aromatic carbocycles. The van der Waals surface area contributed by atoms with Gasteiger partial charge in [0.2, 0.25) is 0 Å². The molecular weight excluding hydrogens is 232 g/mol. The second kappa shape index (κ2) is 5.28. The molecule has 0 radical (unpaired) electrons. The highest BCUT2D eigenvalue weighted by Gasteiger charge is 2.16. The van der Waals surface area contributed by atoms with Crippen LogP contribution in [0.4, 0.5) is 5.69 Å². The van der Waals surface area contributed by atoms with Gasteiger partial charge in [-0.3, -0.25) is 0 Å². The van der Waals surface area contributed by atoms with Crippen molar-refractivity contribution in [1.29, 1.82) is 0 Å². The highest BCUT2D eigenvalue weighted by atomic mass is 35.5. The number of nitrogens with zero attached hydrogens (tertiary/aromatic N) is 1. The lowest BCUT2D eigenvalue weighted by Gasteiger charge is -2.29. The molecule has 2 N–H and O–H groups in total. The molecule has 2 nitrogen and oxygen atoms in total. The second-order valence-corrected chi connectivity index (χ2v) is 6.32. The lowest BCUT2D eigenvalue weighted by atomic mass is 9.96. The van der Waals surface area contributed by atoms with Gasteiger partial charge in [-0.05, 0) is 30.0 Å². The Morgan fingerprint density at radius 1 is 1.35 bits per heavy atom. The largest absolute Gasteiger partial charge is 0.373 e. The summed E-state index contributed by atoms with van der Waals surface area (Å²) < 4.78 is 0. The van der Waals surface area contributed by atoms with Gasteiger partial charge in [0.1, 0.15) is 0 Å². The van der Waals surface area contributed by atoms with E-state index in [9.17, 15) is 0 Å². The van der Waals surface area contributed by atoms with E-state index in [0.29, 0.717) is 0 Å². The quantitative estimate of drug-likeness (QED) is 0.888. The van der Waals surface area contributed by atoms with Gasteiger partial charge in [0.05, 0.1) is 10.7 Å². The zero-order valence-electron chi connectivity index (χ0n) is 11.4. The van der Waals surface area contributed by atoms with E-state index >= 15 is 0 Å². The van der Waals surface area contributed by atoms with Crippen LogP contribution in [0.5, 0.6) is 0 Å².